The van der Waals surface area contributed by atoms with Crippen molar-refractivity contribution in [3.8, 4) is 11.3 Å². The number of primary amides is 1. The van der Waals surface area contributed by atoms with E-state index in [1.807, 2.05) is 12.1 Å². The molecule has 1 atom stereocenters. The van der Waals surface area contributed by atoms with Crippen LogP contribution in [-0.2, 0) is 11.3 Å². The molecule has 1 aliphatic rings. The van der Waals surface area contributed by atoms with Crippen LogP contribution in [0.4, 0.5) is 4.39 Å². The van der Waals surface area contributed by atoms with Crippen molar-refractivity contribution in [3.05, 3.63) is 65.5 Å². The van der Waals surface area contributed by atoms with Gasteiger partial charge in [-0.05, 0) is 74.3 Å². The Morgan fingerprint density at radius 1 is 1.22 bits per heavy atom. The molecular formula is C22H22FN3O. The minimum atomic E-state index is -0.277. The van der Waals surface area contributed by atoms with Crippen LogP contribution in [0.15, 0.2) is 48.5 Å². The van der Waals surface area contributed by atoms with Crippen LogP contribution in [-0.4, -0.2) is 28.4 Å². The molecule has 0 saturated carbocycles. The number of halogens is 1. The van der Waals surface area contributed by atoms with Gasteiger partial charge in [0.25, 0.3) is 0 Å². The summed E-state index contributed by atoms with van der Waals surface area (Å²) in [6.45, 7) is 3.48. The zero-order valence-electron chi connectivity index (χ0n) is 15.3. The van der Waals surface area contributed by atoms with E-state index in [2.05, 4.69) is 24.0 Å². The number of aromatic nitrogens is 1. The molecule has 0 spiro atoms. The smallest absolute Gasteiger partial charge is 0.234 e. The molecule has 5 heteroatoms. The second-order valence-electron chi connectivity index (χ2n) is 7.23. The minimum absolute atomic E-state index is 0.237. The average Bonchev–Trinajstić information content (AvgIpc) is 3.10. The van der Waals surface area contributed by atoms with Gasteiger partial charge in [0.15, 0.2) is 0 Å². The van der Waals surface area contributed by atoms with Crippen LogP contribution in [0.2, 0.25) is 0 Å². The standard InChI is InChI=1S/C22H22FN3O/c1-14-4-9-19-16(11-14)12-17(13-26-10-2-3-20(26)22(24)27)21(25-19)15-5-7-18(23)8-6-15/h4-9,11-12,20H,2-3,10,13H2,1H3,(H2,24,27)/t20-/m1/s1. The Hall–Kier alpha value is -2.79. The minimum Gasteiger partial charge on any atom is -0.368 e. The fourth-order valence-corrected chi connectivity index (χ4v) is 3.87. The molecule has 1 fully saturated rings. The Bertz CT molecular complexity index is 1000. The molecule has 2 aromatic carbocycles. The maximum atomic E-state index is 13.4. The lowest BCUT2D eigenvalue weighted by molar-refractivity contribution is -0.122. The SMILES string of the molecule is Cc1ccc2nc(-c3ccc(F)cc3)c(CN3CCC[C@@H]3C(N)=O)cc2c1. The van der Waals surface area contributed by atoms with Crippen LogP contribution < -0.4 is 5.73 Å². The number of amides is 1. The molecule has 138 valence electrons. The molecule has 0 unspecified atom stereocenters. The molecule has 4 nitrogen and oxygen atoms in total. The molecule has 2 N–H and O–H groups in total. The van der Waals surface area contributed by atoms with E-state index in [-0.39, 0.29) is 17.8 Å². The van der Waals surface area contributed by atoms with Gasteiger partial charge in [-0.2, -0.15) is 0 Å². The van der Waals surface area contributed by atoms with Gasteiger partial charge in [-0.3, -0.25) is 9.69 Å². The first kappa shape index (κ1) is 17.6. The Morgan fingerprint density at radius 3 is 2.74 bits per heavy atom. The van der Waals surface area contributed by atoms with Gasteiger partial charge in [-0.1, -0.05) is 11.6 Å². The molecule has 0 aliphatic carbocycles. The number of aryl methyl sites for hydroxylation is 1. The third kappa shape index (κ3) is 3.55. The lowest BCUT2D eigenvalue weighted by Gasteiger charge is -2.23. The van der Waals surface area contributed by atoms with Gasteiger partial charge in [-0.25, -0.2) is 9.37 Å². The molecule has 1 saturated heterocycles. The molecule has 0 radical (unpaired) electrons. The number of fused-ring (bicyclic) bond motifs is 1. The summed E-state index contributed by atoms with van der Waals surface area (Å²) in [5.41, 5.74) is 10.4. The number of rotatable bonds is 4. The van der Waals surface area contributed by atoms with Crippen molar-refractivity contribution in [2.45, 2.75) is 32.4 Å². The van der Waals surface area contributed by atoms with Crippen molar-refractivity contribution in [2.24, 2.45) is 5.73 Å². The zero-order chi connectivity index (χ0) is 19.0. The van der Waals surface area contributed by atoms with Crippen LogP contribution in [0, 0.1) is 12.7 Å². The lowest BCUT2D eigenvalue weighted by atomic mass is 10.0. The van der Waals surface area contributed by atoms with E-state index in [1.165, 1.54) is 17.7 Å². The first-order chi connectivity index (χ1) is 13.0. The van der Waals surface area contributed by atoms with Crippen molar-refractivity contribution >= 4 is 16.8 Å². The van der Waals surface area contributed by atoms with E-state index >= 15 is 0 Å². The average molecular weight is 363 g/mol. The maximum Gasteiger partial charge on any atom is 0.234 e. The predicted octanol–water partition coefficient (Wildman–Crippen LogP) is 3.80. The summed E-state index contributed by atoms with van der Waals surface area (Å²) in [6.07, 6.45) is 1.75. The quantitative estimate of drug-likeness (QED) is 0.767. The van der Waals surface area contributed by atoms with Crippen molar-refractivity contribution in [1.29, 1.82) is 0 Å². The highest BCUT2D eigenvalue weighted by atomic mass is 19.1. The number of hydrogen-bond acceptors (Lipinski definition) is 3. The molecule has 2 heterocycles. The van der Waals surface area contributed by atoms with Crippen LogP contribution in [0.5, 0.6) is 0 Å². The van der Waals surface area contributed by atoms with E-state index in [0.717, 1.165) is 47.1 Å². The number of benzene rings is 2. The summed E-state index contributed by atoms with van der Waals surface area (Å²) in [5, 5.41) is 1.06. The summed E-state index contributed by atoms with van der Waals surface area (Å²) in [7, 11) is 0. The molecule has 1 amide bonds. The first-order valence-electron chi connectivity index (χ1n) is 9.21. The topological polar surface area (TPSA) is 59.2 Å². The van der Waals surface area contributed by atoms with Crippen LogP contribution >= 0.6 is 0 Å². The largest absolute Gasteiger partial charge is 0.368 e. The van der Waals surface area contributed by atoms with Gasteiger partial charge in [0.2, 0.25) is 5.91 Å². The van der Waals surface area contributed by atoms with Crippen LogP contribution in [0.25, 0.3) is 22.2 Å². The number of pyridine rings is 1. The van der Waals surface area contributed by atoms with E-state index < -0.39 is 0 Å². The summed E-state index contributed by atoms with van der Waals surface area (Å²) in [6, 6.07) is 14.4. The Labute approximate surface area is 157 Å². The molecule has 27 heavy (non-hydrogen) atoms. The highest BCUT2D eigenvalue weighted by molar-refractivity contribution is 5.84. The van der Waals surface area contributed by atoms with Crippen molar-refractivity contribution in [2.75, 3.05) is 6.54 Å². The summed E-state index contributed by atoms with van der Waals surface area (Å²) >= 11 is 0. The van der Waals surface area contributed by atoms with Gasteiger partial charge in [0.1, 0.15) is 5.82 Å². The van der Waals surface area contributed by atoms with Gasteiger partial charge in [0, 0.05) is 17.5 Å². The summed E-state index contributed by atoms with van der Waals surface area (Å²) in [4.78, 5) is 18.8. The molecule has 0 bridgehead atoms. The zero-order valence-corrected chi connectivity index (χ0v) is 15.3. The summed E-state index contributed by atoms with van der Waals surface area (Å²) < 4.78 is 13.4. The monoisotopic (exact) mass is 363 g/mol. The van der Waals surface area contributed by atoms with E-state index in [0.29, 0.717) is 6.54 Å². The van der Waals surface area contributed by atoms with E-state index in [9.17, 15) is 9.18 Å². The highest BCUT2D eigenvalue weighted by Crippen LogP contribution is 2.29. The lowest BCUT2D eigenvalue weighted by Crippen LogP contribution is -2.39. The number of nitrogens with two attached hydrogens (primary N) is 1. The second kappa shape index (κ2) is 7.08. The normalized spacial score (nSPS) is 17.5. The van der Waals surface area contributed by atoms with Gasteiger partial charge in [0.05, 0.1) is 17.3 Å². The van der Waals surface area contributed by atoms with Gasteiger partial charge < -0.3 is 5.73 Å². The Morgan fingerprint density at radius 2 is 2.00 bits per heavy atom. The Kier molecular flexibility index (Phi) is 4.62. The number of nitrogens with zero attached hydrogens (tertiary/aromatic N) is 2. The third-order valence-electron chi connectivity index (χ3n) is 5.23. The highest BCUT2D eigenvalue weighted by Gasteiger charge is 2.29. The molecule has 3 aromatic rings. The number of likely N-dealkylation sites (tertiary alicyclic amines) is 1. The fourth-order valence-electron chi connectivity index (χ4n) is 3.87. The maximum absolute atomic E-state index is 13.4. The summed E-state index contributed by atoms with van der Waals surface area (Å²) in [5.74, 6) is -0.550. The number of hydrogen-bond donors (Lipinski definition) is 1. The Balaban J connectivity index is 1.81. The van der Waals surface area contributed by atoms with Gasteiger partial charge >= 0.3 is 0 Å². The van der Waals surface area contributed by atoms with Crippen molar-refractivity contribution < 1.29 is 9.18 Å². The first-order valence-corrected chi connectivity index (χ1v) is 9.21. The molecule has 1 aromatic heterocycles. The third-order valence-corrected chi connectivity index (χ3v) is 5.23. The van der Waals surface area contributed by atoms with Crippen molar-refractivity contribution in [1.82, 2.24) is 9.88 Å². The molecule has 1 aliphatic heterocycles. The van der Waals surface area contributed by atoms with Crippen LogP contribution in [0.3, 0.4) is 0 Å². The molecular weight excluding hydrogens is 341 g/mol. The predicted molar refractivity (Wildman–Crippen MR) is 105 cm³/mol. The van der Waals surface area contributed by atoms with Crippen LogP contribution in [0.1, 0.15) is 24.0 Å². The number of carbonyl (C=O) groups is 1. The number of carbonyl (C=O) groups excluding carboxylic acids is 1. The van der Waals surface area contributed by atoms with E-state index in [1.54, 1.807) is 12.1 Å². The molecule has 4 rings (SSSR count). The van der Waals surface area contributed by atoms with Crippen molar-refractivity contribution in [3.63, 3.8) is 0 Å². The fraction of sp³-hybridized carbons (Fsp3) is 0.273. The second-order valence-corrected chi connectivity index (χ2v) is 7.23. The van der Waals surface area contributed by atoms with Gasteiger partial charge in [-0.15, -0.1) is 0 Å². The van der Waals surface area contributed by atoms with E-state index in [4.69, 9.17) is 10.7 Å².